The summed E-state index contributed by atoms with van der Waals surface area (Å²) in [6.07, 6.45) is 1.24. The number of benzene rings is 1. The van der Waals surface area contributed by atoms with Crippen LogP contribution >= 0.6 is 39.3 Å². The van der Waals surface area contributed by atoms with Gasteiger partial charge in [0.05, 0.1) is 10.4 Å². The Morgan fingerprint density at radius 2 is 2.33 bits per heavy atom. The molecule has 0 amide bonds. The van der Waals surface area contributed by atoms with Gasteiger partial charge in [-0.15, -0.1) is 11.8 Å². The first-order chi connectivity index (χ1) is 7.16. The molecular weight excluding hydrogens is 294 g/mol. The summed E-state index contributed by atoms with van der Waals surface area (Å²) in [7, 11) is 0. The maximum Gasteiger partial charge on any atom is 0.0792 e. The Morgan fingerprint density at radius 3 is 3.00 bits per heavy atom. The number of hydrogen-bond donors (Lipinski definition) is 1. The molecule has 1 N–H and O–H groups in total. The molecule has 0 aromatic heterocycles. The highest BCUT2D eigenvalue weighted by molar-refractivity contribution is 9.10. The van der Waals surface area contributed by atoms with E-state index in [1.54, 1.807) is 0 Å². The minimum absolute atomic E-state index is 0.388. The molecule has 1 saturated heterocycles. The maximum atomic E-state index is 6.09. The summed E-state index contributed by atoms with van der Waals surface area (Å²) < 4.78 is 0.960. The quantitative estimate of drug-likeness (QED) is 0.834. The van der Waals surface area contributed by atoms with Crippen molar-refractivity contribution in [1.82, 2.24) is 5.32 Å². The van der Waals surface area contributed by atoms with Crippen LogP contribution in [0, 0.1) is 0 Å². The number of halogens is 2. The van der Waals surface area contributed by atoms with Gasteiger partial charge < -0.3 is 5.32 Å². The largest absolute Gasteiger partial charge is 0.302 e. The fourth-order valence-corrected chi connectivity index (χ4v) is 3.31. The zero-order valence-corrected chi connectivity index (χ0v) is 11.6. The van der Waals surface area contributed by atoms with Crippen LogP contribution in [0.15, 0.2) is 22.7 Å². The zero-order valence-electron chi connectivity index (χ0n) is 8.47. The Kier molecular flexibility index (Phi) is 3.99. The normalized spacial score (nSPS) is 26.6. The van der Waals surface area contributed by atoms with Crippen molar-refractivity contribution in [1.29, 1.82) is 0 Å². The summed E-state index contributed by atoms with van der Waals surface area (Å²) in [4.78, 5) is 0. The van der Waals surface area contributed by atoms with Crippen LogP contribution in [-0.2, 0) is 0 Å². The van der Waals surface area contributed by atoms with Crippen molar-refractivity contribution >= 4 is 39.3 Å². The van der Waals surface area contributed by atoms with Crippen LogP contribution in [0.3, 0.4) is 0 Å². The van der Waals surface area contributed by atoms with E-state index >= 15 is 0 Å². The Morgan fingerprint density at radius 1 is 1.53 bits per heavy atom. The lowest BCUT2D eigenvalue weighted by Gasteiger charge is -2.28. The van der Waals surface area contributed by atoms with Gasteiger partial charge in [-0.25, -0.2) is 0 Å². The topological polar surface area (TPSA) is 12.0 Å². The van der Waals surface area contributed by atoms with Gasteiger partial charge in [0.2, 0.25) is 0 Å². The average molecular weight is 307 g/mol. The highest BCUT2D eigenvalue weighted by Gasteiger charge is 2.20. The molecule has 1 aliphatic heterocycles. The third-order valence-corrected chi connectivity index (χ3v) is 5.14. The van der Waals surface area contributed by atoms with Crippen LogP contribution in [0.25, 0.3) is 0 Å². The third kappa shape index (κ3) is 2.90. The van der Waals surface area contributed by atoms with Crippen molar-refractivity contribution in [3.63, 3.8) is 0 Å². The van der Waals surface area contributed by atoms with Gasteiger partial charge in [-0.3, -0.25) is 0 Å². The molecule has 1 nitrogen and oxygen atoms in total. The standard InChI is InChI=1S/C11H13BrClNS/c1-7-4-5-14-11(15-7)8-2-3-9(12)10(13)6-8/h2-3,6-7,11,14H,4-5H2,1H3. The van der Waals surface area contributed by atoms with Gasteiger partial charge in [0.15, 0.2) is 0 Å². The molecule has 82 valence electrons. The fraction of sp³-hybridized carbons (Fsp3) is 0.455. The molecule has 0 bridgehead atoms. The minimum atomic E-state index is 0.388. The van der Waals surface area contributed by atoms with Crippen molar-refractivity contribution in [2.45, 2.75) is 24.0 Å². The van der Waals surface area contributed by atoms with Crippen LogP contribution < -0.4 is 5.32 Å². The average Bonchev–Trinajstić information content (AvgIpc) is 2.22. The van der Waals surface area contributed by atoms with Crippen molar-refractivity contribution in [3.05, 3.63) is 33.3 Å². The van der Waals surface area contributed by atoms with Crippen LogP contribution in [0.1, 0.15) is 24.3 Å². The number of nitrogens with one attached hydrogen (secondary N) is 1. The van der Waals surface area contributed by atoms with Crippen LogP contribution in [0.5, 0.6) is 0 Å². The molecule has 0 saturated carbocycles. The van der Waals surface area contributed by atoms with E-state index in [-0.39, 0.29) is 0 Å². The molecule has 2 atom stereocenters. The van der Waals surface area contributed by atoms with E-state index in [2.05, 4.69) is 34.2 Å². The van der Waals surface area contributed by atoms with Crippen LogP contribution in [0.2, 0.25) is 5.02 Å². The van der Waals surface area contributed by atoms with Gasteiger partial charge in [-0.05, 0) is 46.6 Å². The van der Waals surface area contributed by atoms with Gasteiger partial charge in [0.1, 0.15) is 0 Å². The summed E-state index contributed by atoms with van der Waals surface area (Å²) in [5, 5.41) is 5.40. The summed E-state index contributed by atoms with van der Waals surface area (Å²) in [5.74, 6) is 0. The van der Waals surface area contributed by atoms with Crippen molar-refractivity contribution in [3.8, 4) is 0 Å². The second kappa shape index (κ2) is 5.09. The fourth-order valence-electron chi connectivity index (χ4n) is 1.64. The lowest BCUT2D eigenvalue weighted by molar-refractivity contribution is 0.605. The monoisotopic (exact) mass is 305 g/mol. The van der Waals surface area contributed by atoms with E-state index < -0.39 is 0 Å². The molecule has 15 heavy (non-hydrogen) atoms. The third-order valence-electron chi connectivity index (χ3n) is 2.50. The van der Waals surface area contributed by atoms with Gasteiger partial charge in [0.25, 0.3) is 0 Å². The van der Waals surface area contributed by atoms with Crippen molar-refractivity contribution < 1.29 is 0 Å². The summed E-state index contributed by atoms with van der Waals surface area (Å²) in [5.41, 5.74) is 1.26. The lowest BCUT2D eigenvalue weighted by Crippen LogP contribution is -2.28. The maximum absolute atomic E-state index is 6.09. The molecule has 1 aliphatic rings. The molecule has 2 unspecified atom stereocenters. The number of rotatable bonds is 1. The number of thioether (sulfide) groups is 1. The summed E-state index contributed by atoms with van der Waals surface area (Å²) in [6.45, 7) is 3.37. The van der Waals surface area contributed by atoms with Crippen molar-refractivity contribution in [2.24, 2.45) is 0 Å². The SMILES string of the molecule is CC1CCNC(c2ccc(Br)c(Cl)c2)S1. The van der Waals surface area contributed by atoms with E-state index in [9.17, 15) is 0 Å². The lowest BCUT2D eigenvalue weighted by atomic mass is 10.2. The highest BCUT2D eigenvalue weighted by Crippen LogP contribution is 2.36. The Hall–Kier alpha value is 0.300. The molecule has 1 aromatic rings. The van der Waals surface area contributed by atoms with Gasteiger partial charge in [-0.2, -0.15) is 0 Å². The van der Waals surface area contributed by atoms with E-state index in [4.69, 9.17) is 11.6 Å². The first-order valence-electron chi connectivity index (χ1n) is 5.00. The smallest absolute Gasteiger partial charge is 0.0792 e. The summed E-state index contributed by atoms with van der Waals surface area (Å²) >= 11 is 11.5. The van der Waals surface area contributed by atoms with Gasteiger partial charge in [-0.1, -0.05) is 24.6 Å². The van der Waals surface area contributed by atoms with Crippen LogP contribution in [0.4, 0.5) is 0 Å². The molecule has 0 aliphatic carbocycles. The first kappa shape index (κ1) is 11.8. The Labute approximate surface area is 108 Å². The van der Waals surface area contributed by atoms with Crippen LogP contribution in [-0.4, -0.2) is 11.8 Å². The molecule has 2 rings (SSSR count). The van der Waals surface area contributed by atoms with Gasteiger partial charge in [0, 0.05) is 9.72 Å². The number of hydrogen-bond acceptors (Lipinski definition) is 2. The molecule has 0 spiro atoms. The van der Waals surface area contributed by atoms with Crippen molar-refractivity contribution in [2.75, 3.05) is 6.54 Å². The highest BCUT2D eigenvalue weighted by atomic mass is 79.9. The zero-order chi connectivity index (χ0) is 10.8. The molecule has 1 fully saturated rings. The molecular formula is C11H13BrClNS. The Balaban J connectivity index is 2.18. The molecule has 1 heterocycles. The predicted octanol–water partition coefficient (Wildman–Crippen LogP) is 4.22. The van der Waals surface area contributed by atoms with Gasteiger partial charge >= 0.3 is 0 Å². The summed E-state index contributed by atoms with van der Waals surface area (Å²) in [6, 6.07) is 6.17. The molecule has 0 radical (unpaired) electrons. The first-order valence-corrected chi connectivity index (χ1v) is 7.12. The Bertz CT molecular complexity index is 358. The van der Waals surface area contributed by atoms with E-state index in [1.807, 2.05) is 23.9 Å². The second-order valence-electron chi connectivity index (χ2n) is 3.74. The molecule has 1 aromatic carbocycles. The predicted molar refractivity (Wildman–Crippen MR) is 71.6 cm³/mol. The van der Waals surface area contributed by atoms with E-state index in [0.29, 0.717) is 5.37 Å². The van der Waals surface area contributed by atoms with E-state index in [1.165, 1.54) is 12.0 Å². The second-order valence-corrected chi connectivity index (χ2v) is 6.55. The van der Waals surface area contributed by atoms with E-state index in [0.717, 1.165) is 21.3 Å². The minimum Gasteiger partial charge on any atom is -0.302 e. The molecule has 4 heteroatoms.